The molecule has 114 valence electrons. The van der Waals surface area contributed by atoms with Crippen molar-refractivity contribution in [1.29, 1.82) is 0 Å². The van der Waals surface area contributed by atoms with Crippen molar-refractivity contribution >= 4 is 17.0 Å². The molecule has 0 fully saturated rings. The number of aromatic hydroxyl groups is 1. The fourth-order valence-electron chi connectivity index (χ4n) is 2.21. The number of H-pyrrole nitrogens is 1. The van der Waals surface area contributed by atoms with E-state index in [0.717, 1.165) is 5.56 Å². The van der Waals surface area contributed by atoms with Gasteiger partial charge in [0.2, 0.25) is 0 Å². The van der Waals surface area contributed by atoms with Gasteiger partial charge in [0.15, 0.2) is 23.0 Å². The number of ether oxygens (including phenoxy) is 2. The minimum Gasteiger partial charge on any atom is -0.504 e. The van der Waals surface area contributed by atoms with Crippen molar-refractivity contribution in [2.45, 2.75) is 6.54 Å². The Hall–Kier alpha value is -3.03. The Bertz CT molecular complexity index is 802. The Balaban J connectivity index is 1.90. The van der Waals surface area contributed by atoms with E-state index in [1.165, 1.54) is 26.6 Å². The summed E-state index contributed by atoms with van der Waals surface area (Å²) in [6, 6.07) is 3.29. The van der Waals surface area contributed by atoms with Gasteiger partial charge >= 0.3 is 0 Å². The first-order valence-electron chi connectivity index (χ1n) is 6.54. The third kappa shape index (κ3) is 2.46. The maximum absolute atomic E-state index is 9.96. The van der Waals surface area contributed by atoms with Crippen LogP contribution >= 0.6 is 0 Å². The number of phenolic OH excluding ortho intramolecular Hbond substituents is 1. The van der Waals surface area contributed by atoms with Gasteiger partial charge in [0.25, 0.3) is 0 Å². The number of rotatable bonds is 5. The van der Waals surface area contributed by atoms with E-state index in [2.05, 4.69) is 25.3 Å². The molecule has 8 nitrogen and oxygen atoms in total. The number of imidazole rings is 1. The minimum atomic E-state index is 0.0213. The maximum Gasteiger partial charge on any atom is 0.182 e. The molecular formula is C14H15N5O3. The van der Waals surface area contributed by atoms with Gasteiger partial charge in [-0.25, -0.2) is 15.0 Å². The van der Waals surface area contributed by atoms with Gasteiger partial charge in [-0.3, -0.25) is 0 Å². The van der Waals surface area contributed by atoms with Crippen LogP contribution in [0.3, 0.4) is 0 Å². The number of nitrogens with one attached hydrogen (secondary N) is 2. The van der Waals surface area contributed by atoms with Gasteiger partial charge in [-0.15, -0.1) is 0 Å². The highest BCUT2D eigenvalue weighted by Crippen LogP contribution is 2.35. The lowest BCUT2D eigenvalue weighted by Gasteiger charge is -2.13. The maximum atomic E-state index is 9.96. The lowest BCUT2D eigenvalue weighted by molar-refractivity contribution is 0.362. The number of aromatic nitrogens is 4. The first-order valence-corrected chi connectivity index (χ1v) is 6.54. The SMILES string of the molecule is COc1cc(O)c(OC)c(CNc2ncnc3nc[nH]c23)c1. The topological polar surface area (TPSA) is 105 Å². The largest absolute Gasteiger partial charge is 0.504 e. The van der Waals surface area contributed by atoms with Crippen molar-refractivity contribution in [3.8, 4) is 17.2 Å². The minimum absolute atomic E-state index is 0.0213. The summed E-state index contributed by atoms with van der Waals surface area (Å²) < 4.78 is 10.4. The van der Waals surface area contributed by atoms with E-state index in [1.54, 1.807) is 12.4 Å². The van der Waals surface area contributed by atoms with Gasteiger partial charge in [-0.05, 0) is 6.07 Å². The molecule has 8 heteroatoms. The smallest absolute Gasteiger partial charge is 0.182 e. The highest BCUT2D eigenvalue weighted by Gasteiger charge is 2.13. The fraction of sp³-hybridized carbons (Fsp3) is 0.214. The summed E-state index contributed by atoms with van der Waals surface area (Å²) in [5, 5.41) is 13.1. The van der Waals surface area contributed by atoms with E-state index in [-0.39, 0.29) is 5.75 Å². The zero-order valence-corrected chi connectivity index (χ0v) is 12.1. The Kier molecular flexibility index (Phi) is 3.65. The van der Waals surface area contributed by atoms with Crippen LogP contribution in [0.15, 0.2) is 24.8 Å². The molecule has 2 heterocycles. The molecule has 0 aliphatic carbocycles. The fourth-order valence-corrected chi connectivity index (χ4v) is 2.21. The van der Waals surface area contributed by atoms with Crippen LogP contribution in [0.1, 0.15) is 5.56 Å². The molecule has 0 saturated carbocycles. The third-order valence-corrected chi connectivity index (χ3v) is 3.23. The zero-order valence-electron chi connectivity index (χ0n) is 12.1. The second kappa shape index (κ2) is 5.76. The summed E-state index contributed by atoms with van der Waals surface area (Å²) in [5.74, 6) is 1.58. The summed E-state index contributed by atoms with van der Waals surface area (Å²) in [4.78, 5) is 15.3. The van der Waals surface area contributed by atoms with Crippen molar-refractivity contribution in [3.63, 3.8) is 0 Å². The number of methoxy groups -OCH3 is 2. The van der Waals surface area contributed by atoms with Crippen molar-refractivity contribution in [2.75, 3.05) is 19.5 Å². The van der Waals surface area contributed by atoms with Crippen LogP contribution < -0.4 is 14.8 Å². The Morgan fingerprint density at radius 1 is 1.18 bits per heavy atom. The van der Waals surface area contributed by atoms with Gasteiger partial charge in [0.1, 0.15) is 17.6 Å². The van der Waals surface area contributed by atoms with Gasteiger partial charge in [0, 0.05) is 18.2 Å². The summed E-state index contributed by atoms with van der Waals surface area (Å²) in [6.45, 7) is 0.388. The highest BCUT2D eigenvalue weighted by molar-refractivity contribution is 5.81. The third-order valence-electron chi connectivity index (χ3n) is 3.23. The highest BCUT2D eigenvalue weighted by atomic mass is 16.5. The van der Waals surface area contributed by atoms with Crippen LogP contribution in [0.25, 0.3) is 11.2 Å². The number of fused-ring (bicyclic) bond motifs is 1. The quantitative estimate of drug-likeness (QED) is 0.658. The van der Waals surface area contributed by atoms with Crippen molar-refractivity contribution in [2.24, 2.45) is 0 Å². The van der Waals surface area contributed by atoms with E-state index in [0.29, 0.717) is 35.0 Å². The number of nitrogens with zero attached hydrogens (tertiary/aromatic N) is 3. The lowest BCUT2D eigenvalue weighted by atomic mass is 10.1. The van der Waals surface area contributed by atoms with E-state index in [4.69, 9.17) is 9.47 Å². The number of hydrogen-bond acceptors (Lipinski definition) is 7. The average molecular weight is 301 g/mol. The van der Waals surface area contributed by atoms with Gasteiger partial charge < -0.3 is 24.9 Å². The molecule has 3 N–H and O–H groups in total. The summed E-state index contributed by atoms with van der Waals surface area (Å²) in [6.07, 6.45) is 2.99. The molecule has 0 aliphatic rings. The van der Waals surface area contributed by atoms with Crippen LogP contribution in [0.5, 0.6) is 17.2 Å². The van der Waals surface area contributed by atoms with Crippen molar-refractivity contribution in [3.05, 3.63) is 30.4 Å². The number of benzene rings is 1. The molecule has 0 amide bonds. The summed E-state index contributed by atoms with van der Waals surface area (Å²) >= 11 is 0. The molecule has 0 radical (unpaired) electrons. The van der Waals surface area contributed by atoms with Gasteiger partial charge in [0.05, 0.1) is 20.5 Å². The molecule has 0 spiro atoms. The molecule has 0 bridgehead atoms. The predicted octanol–water partition coefficient (Wildman–Crippen LogP) is 1.69. The summed E-state index contributed by atoms with van der Waals surface area (Å²) in [7, 11) is 3.04. The number of anilines is 1. The Labute approximate surface area is 126 Å². The van der Waals surface area contributed by atoms with Crippen molar-refractivity contribution < 1.29 is 14.6 Å². The van der Waals surface area contributed by atoms with E-state index >= 15 is 0 Å². The normalized spacial score (nSPS) is 10.6. The van der Waals surface area contributed by atoms with Gasteiger partial charge in [-0.1, -0.05) is 0 Å². The molecule has 22 heavy (non-hydrogen) atoms. The second-order valence-corrected chi connectivity index (χ2v) is 4.52. The molecule has 0 atom stereocenters. The molecule has 0 unspecified atom stereocenters. The molecule has 2 aromatic heterocycles. The first kappa shape index (κ1) is 13.9. The van der Waals surface area contributed by atoms with E-state index in [9.17, 15) is 5.11 Å². The van der Waals surface area contributed by atoms with Crippen LogP contribution in [0, 0.1) is 0 Å². The molecule has 1 aromatic carbocycles. The lowest BCUT2D eigenvalue weighted by Crippen LogP contribution is -2.05. The Morgan fingerprint density at radius 2 is 2.05 bits per heavy atom. The number of phenols is 1. The first-order chi connectivity index (χ1) is 10.7. The Morgan fingerprint density at radius 3 is 2.82 bits per heavy atom. The molecule has 3 rings (SSSR count). The van der Waals surface area contributed by atoms with Crippen LogP contribution in [0.4, 0.5) is 5.82 Å². The van der Waals surface area contributed by atoms with Crippen LogP contribution in [0.2, 0.25) is 0 Å². The molecule has 3 aromatic rings. The second-order valence-electron chi connectivity index (χ2n) is 4.52. The number of hydrogen-bond donors (Lipinski definition) is 3. The summed E-state index contributed by atoms with van der Waals surface area (Å²) in [5.41, 5.74) is 2.04. The van der Waals surface area contributed by atoms with E-state index in [1.807, 2.05) is 0 Å². The zero-order chi connectivity index (χ0) is 15.5. The molecule has 0 aliphatic heterocycles. The monoisotopic (exact) mass is 301 g/mol. The van der Waals surface area contributed by atoms with Crippen LogP contribution in [-0.2, 0) is 6.54 Å². The molecular weight excluding hydrogens is 286 g/mol. The standard InChI is InChI=1S/C14H15N5O3/c1-21-9-3-8(12(22-2)10(20)4-9)5-15-13-11-14(17-6-16-11)19-7-18-13/h3-4,6-7,20H,5H2,1-2H3,(H2,15,16,17,18,19). The van der Waals surface area contributed by atoms with Gasteiger partial charge in [-0.2, -0.15) is 0 Å². The van der Waals surface area contributed by atoms with Crippen molar-refractivity contribution in [1.82, 2.24) is 19.9 Å². The predicted molar refractivity (Wildman–Crippen MR) is 80.2 cm³/mol. The van der Waals surface area contributed by atoms with Crippen LogP contribution in [-0.4, -0.2) is 39.3 Å². The molecule has 0 saturated heterocycles. The van der Waals surface area contributed by atoms with E-state index < -0.39 is 0 Å². The average Bonchev–Trinajstić information content (AvgIpc) is 3.01. The number of aromatic amines is 1.